The third kappa shape index (κ3) is 8.73. The lowest BCUT2D eigenvalue weighted by Crippen LogP contribution is -2.50. The number of likely N-dealkylation sites (tertiary alicyclic amines) is 1. The van der Waals surface area contributed by atoms with Gasteiger partial charge in [-0.1, -0.05) is 80.3 Å². The maximum atomic E-state index is 13.4. The van der Waals surface area contributed by atoms with E-state index in [1.165, 1.54) is 16.1 Å². The zero-order valence-electron chi connectivity index (χ0n) is 24.5. The minimum absolute atomic E-state index is 0.0425. The van der Waals surface area contributed by atoms with Crippen LogP contribution in [0.15, 0.2) is 60.7 Å². The van der Waals surface area contributed by atoms with Crippen molar-refractivity contribution in [3.63, 3.8) is 0 Å². The number of carbonyl (C=O) groups excluding carboxylic acids is 1. The molecule has 2 aromatic rings. The summed E-state index contributed by atoms with van der Waals surface area (Å²) in [4.78, 5) is 15.2. The first-order valence-corrected chi connectivity index (χ1v) is 20.1. The van der Waals surface area contributed by atoms with Gasteiger partial charge < -0.3 is 14.4 Å². The van der Waals surface area contributed by atoms with Crippen LogP contribution in [0.3, 0.4) is 0 Å². The highest BCUT2D eigenvalue weighted by molar-refractivity contribution is 7.88. The second-order valence-corrected chi connectivity index (χ2v) is 20.1. The van der Waals surface area contributed by atoms with Crippen LogP contribution in [0.25, 0.3) is 0 Å². The summed E-state index contributed by atoms with van der Waals surface area (Å²) in [6, 6.07) is 20.6. The number of benzene rings is 2. The van der Waals surface area contributed by atoms with Gasteiger partial charge in [-0.2, -0.15) is 4.31 Å². The van der Waals surface area contributed by atoms with Gasteiger partial charge in [0.05, 0.1) is 31.1 Å². The van der Waals surface area contributed by atoms with E-state index in [0.29, 0.717) is 25.7 Å². The van der Waals surface area contributed by atoms with Crippen molar-refractivity contribution in [1.82, 2.24) is 9.21 Å². The van der Waals surface area contributed by atoms with Crippen molar-refractivity contribution in [2.24, 2.45) is 0 Å². The molecule has 40 heavy (non-hydrogen) atoms. The molecule has 2 aliphatic rings. The SMILES string of the molecule is C[Si](C)(C)CCOCN([C@@H]1CC(=O)N(Cc2ccccc2)[C@@H]1CO[C@H]1CC[C@@H](c2ccccc2)CC1)S(C)(=O)=O. The first-order valence-electron chi connectivity index (χ1n) is 14.6. The normalized spacial score (nSPS) is 24.1. The van der Waals surface area contributed by atoms with Gasteiger partial charge in [-0.15, -0.1) is 0 Å². The molecule has 2 atom stereocenters. The Balaban J connectivity index is 1.46. The standard InChI is InChI=1S/C31H46N2O5SSi/c1-39(35,36)33(24-37-19-20-40(2,3)4)29-21-31(34)32(22-25-11-7-5-8-12-25)30(29)23-38-28-17-15-27(16-18-28)26-13-9-6-10-14-26/h5-14,27-30H,15-24H2,1-4H3/t27-,28+,29-,30-/m1/s1. The Morgan fingerprint density at radius 3 is 2.17 bits per heavy atom. The lowest BCUT2D eigenvalue weighted by atomic mass is 9.83. The van der Waals surface area contributed by atoms with Crippen molar-refractivity contribution in [2.75, 3.05) is 26.2 Å². The fraction of sp³-hybridized carbons (Fsp3) is 0.581. The minimum Gasteiger partial charge on any atom is -0.376 e. The predicted octanol–water partition coefficient (Wildman–Crippen LogP) is 5.47. The summed E-state index contributed by atoms with van der Waals surface area (Å²) >= 11 is 0. The van der Waals surface area contributed by atoms with Crippen molar-refractivity contribution >= 4 is 24.0 Å². The molecule has 0 unspecified atom stereocenters. The molecule has 0 N–H and O–H groups in total. The minimum atomic E-state index is -3.61. The van der Waals surface area contributed by atoms with Crippen LogP contribution >= 0.6 is 0 Å². The second kappa shape index (κ2) is 13.7. The largest absolute Gasteiger partial charge is 0.376 e. The lowest BCUT2D eigenvalue weighted by molar-refractivity contribution is -0.130. The number of carbonyl (C=O) groups is 1. The molecule has 0 aromatic heterocycles. The Morgan fingerprint density at radius 2 is 1.57 bits per heavy atom. The van der Waals surface area contributed by atoms with Gasteiger partial charge in [-0.05, 0) is 48.8 Å². The molecular formula is C31H46N2O5SSi. The van der Waals surface area contributed by atoms with Crippen molar-refractivity contribution in [3.05, 3.63) is 71.8 Å². The maximum Gasteiger partial charge on any atom is 0.224 e. The van der Waals surface area contributed by atoms with Crippen LogP contribution in [0.5, 0.6) is 0 Å². The van der Waals surface area contributed by atoms with E-state index in [1.54, 1.807) is 0 Å². The Kier molecular flexibility index (Phi) is 10.6. The number of nitrogens with zero attached hydrogens (tertiary/aromatic N) is 2. The van der Waals surface area contributed by atoms with E-state index >= 15 is 0 Å². The molecule has 7 nitrogen and oxygen atoms in total. The third-order valence-electron chi connectivity index (χ3n) is 8.20. The van der Waals surface area contributed by atoms with Crippen LogP contribution in [0.1, 0.15) is 49.1 Å². The monoisotopic (exact) mass is 586 g/mol. The Labute approximate surface area is 241 Å². The Bertz CT molecular complexity index is 1180. The van der Waals surface area contributed by atoms with Crippen molar-refractivity contribution < 1.29 is 22.7 Å². The summed E-state index contributed by atoms with van der Waals surface area (Å²) in [6.07, 6.45) is 5.49. The highest BCUT2D eigenvalue weighted by atomic mass is 32.2. The van der Waals surface area contributed by atoms with Gasteiger partial charge in [0.1, 0.15) is 6.73 Å². The Hall–Kier alpha value is -2.04. The fourth-order valence-corrected chi connectivity index (χ4v) is 7.53. The molecule has 1 amide bonds. The van der Waals surface area contributed by atoms with Crippen molar-refractivity contribution in [1.29, 1.82) is 0 Å². The molecule has 0 spiro atoms. The number of amides is 1. The predicted molar refractivity (Wildman–Crippen MR) is 162 cm³/mol. The molecule has 2 aromatic carbocycles. The summed E-state index contributed by atoms with van der Waals surface area (Å²) in [7, 11) is -4.93. The molecule has 4 rings (SSSR count). The van der Waals surface area contributed by atoms with Crippen molar-refractivity contribution in [3.8, 4) is 0 Å². The molecule has 1 saturated carbocycles. The molecule has 1 heterocycles. The highest BCUT2D eigenvalue weighted by Gasteiger charge is 2.46. The number of hydrogen-bond acceptors (Lipinski definition) is 5. The van der Waals surface area contributed by atoms with E-state index in [-0.39, 0.29) is 31.2 Å². The van der Waals surface area contributed by atoms with E-state index in [9.17, 15) is 13.2 Å². The summed E-state index contributed by atoms with van der Waals surface area (Å²) in [6.45, 7) is 8.01. The van der Waals surface area contributed by atoms with Crippen molar-refractivity contribution in [2.45, 2.75) is 88.4 Å². The van der Waals surface area contributed by atoms with Gasteiger partial charge >= 0.3 is 0 Å². The second-order valence-electron chi connectivity index (χ2n) is 12.6. The van der Waals surface area contributed by atoms with E-state index in [0.717, 1.165) is 37.3 Å². The lowest BCUT2D eigenvalue weighted by Gasteiger charge is -2.35. The molecule has 220 valence electrons. The third-order valence-corrected chi connectivity index (χ3v) is 11.1. The molecule has 9 heteroatoms. The first-order chi connectivity index (χ1) is 19.0. The highest BCUT2D eigenvalue weighted by Crippen LogP contribution is 2.35. The molecule has 2 fully saturated rings. The van der Waals surface area contributed by atoms with Gasteiger partial charge in [0.25, 0.3) is 0 Å². The van der Waals surface area contributed by atoms with Crippen LogP contribution in [0, 0.1) is 0 Å². The average molecular weight is 587 g/mol. The van der Waals surface area contributed by atoms with E-state index < -0.39 is 24.1 Å². The molecule has 1 aliphatic carbocycles. The van der Waals surface area contributed by atoms with E-state index in [1.807, 2.05) is 35.2 Å². The number of sulfonamides is 1. The van der Waals surface area contributed by atoms with Crippen LogP contribution in [-0.4, -0.2) is 76.0 Å². The zero-order valence-corrected chi connectivity index (χ0v) is 26.3. The summed E-state index contributed by atoms with van der Waals surface area (Å²) in [5, 5.41) is 0. The number of ether oxygens (including phenoxy) is 2. The Morgan fingerprint density at radius 1 is 0.950 bits per heavy atom. The van der Waals surface area contributed by atoms with Crippen LogP contribution in [-0.2, 0) is 30.8 Å². The number of hydrogen-bond donors (Lipinski definition) is 0. The molecule has 1 saturated heterocycles. The topological polar surface area (TPSA) is 76.2 Å². The zero-order chi connectivity index (χ0) is 28.8. The number of rotatable bonds is 13. The molecule has 1 aliphatic heterocycles. The smallest absolute Gasteiger partial charge is 0.224 e. The van der Waals surface area contributed by atoms with Gasteiger partial charge in [-0.25, -0.2) is 8.42 Å². The van der Waals surface area contributed by atoms with Gasteiger partial charge in [0.2, 0.25) is 15.9 Å². The maximum absolute atomic E-state index is 13.4. The van der Waals surface area contributed by atoms with Gasteiger partial charge in [0.15, 0.2) is 0 Å². The van der Waals surface area contributed by atoms with Gasteiger partial charge in [-0.3, -0.25) is 4.79 Å². The van der Waals surface area contributed by atoms with E-state index in [4.69, 9.17) is 9.47 Å². The summed E-state index contributed by atoms with van der Waals surface area (Å²) in [5.41, 5.74) is 2.40. The fourth-order valence-electron chi connectivity index (χ4n) is 5.80. The average Bonchev–Trinajstić information content (AvgIpc) is 3.21. The van der Waals surface area contributed by atoms with E-state index in [2.05, 4.69) is 50.0 Å². The molecule has 0 bridgehead atoms. The molecular weight excluding hydrogens is 541 g/mol. The first kappa shape index (κ1) is 30.9. The summed E-state index contributed by atoms with van der Waals surface area (Å²) < 4.78 is 39.8. The molecule has 0 radical (unpaired) electrons. The van der Waals surface area contributed by atoms with Gasteiger partial charge in [0, 0.05) is 27.6 Å². The quantitative estimate of drug-likeness (QED) is 0.177. The summed E-state index contributed by atoms with van der Waals surface area (Å²) in [5.74, 6) is 0.497. The van der Waals surface area contributed by atoms with Crippen LogP contribution in [0.4, 0.5) is 0 Å². The van der Waals surface area contributed by atoms with Crippen LogP contribution < -0.4 is 0 Å². The van der Waals surface area contributed by atoms with Crippen LogP contribution in [0.2, 0.25) is 25.7 Å².